The number of rotatable bonds is 17. The average molecular weight is 317 g/mol. The van der Waals surface area contributed by atoms with Gasteiger partial charge in [0.25, 0.3) is 0 Å². The second-order valence-electron chi connectivity index (χ2n) is 6.15. The fourth-order valence-corrected chi connectivity index (χ4v) is 2.95. The van der Waals surface area contributed by atoms with E-state index in [1.165, 1.54) is 103 Å². The standard InChI is InChI=1S/C18H37O.Ti/c1-2-3-4-5-6-7-8-9-10-11-12-13-14-15-16-17-18-19;/h2-18H2,1H3;/q-1;+1. The van der Waals surface area contributed by atoms with Crippen molar-refractivity contribution in [2.45, 2.75) is 110 Å². The summed E-state index contributed by atoms with van der Waals surface area (Å²) in [6, 6.07) is 0. The third-order valence-electron chi connectivity index (χ3n) is 4.10. The van der Waals surface area contributed by atoms with E-state index >= 15 is 0 Å². The molecular formula is C18H37OTi. The molecule has 0 atom stereocenters. The van der Waals surface area contributed by atoms with Gasteiger partial charge in [-0.2, -0.15) is 0 Å². The molecule has 0 saturated carbocycles. The first-order chi connectivity index (χ1) is 9.91. The zero-order chi connectivity index (χ0) is 14.7. The Morgan fingerprint density at radius 1 is 0.500 bits per heavy atom. The van der Waals surface area contributed by atoms with Gasteiger partial charge >= 0.3 is 95.0 Å². The zero-order valence-electron chi connectivity index (χ0n) is 13.9. The molecule has 0 saturated heterocycles. The van der Waals surface area contributed by atoms with E-state index in [0.29, 0.717) is 0 Å². The van der Waals surface area contributed by atoms with Crippen LogP contribution in [0.5, 0.6) is 0 Å². The van der Waals surface area contributed by atoms with E-state index < -0.39 is 0 Å². The molecule has 0 aliphatic heterocycles. The molecule has 0 fully saturated rings. The van der Waals surface area contributed by atoms with Gasteiger partial charge in [0.1, 0.15) is 0 Å². The minimum absolute atomic E-state index is 0.943. The summed E-state index contributed by atoms with van der Waals surface area (Å²) in [5, 5.41) is 0. The molecular weight excluding hydrogens is 280 g/mol. The van der Waals surface area contributed by atoms with Crippen molar-refractivity contribution in [3.8, 4) is 0 Å². The fraction of sp³-hybridized carbons (Fsp3) is 1.00. The molecule has 0 heterocycles. The summed E-state index contributed by atoms with van der Waals surface area (Å²) < 4.78 is 5.06. The van der Waals surface area contributed by atoms with Crippen LogP contribution in [0.25, 0.3) is 0 Å². The molecule has 0 bridgehead atoms. The van der Waals surface area contributed by atoms with Crippen molar-refractivity contribution in [3.63, 3.8) is 0 Å². The summed E-state index contributed by atoms with van der Waals surface area (Å²) >= 11 is 1.80. The van der Waals surface area contributed by atoms with Crippen molar-refractivity contribution in [3.05, 3.63) is 0 Å². The van der Waals surface area contributed by atoms with Crippen LogP contribution in [0.2, 0.25) is 0 Å². The Hall–Kier alpha value is 0.674. The third-order valence-corrected chi connectivity index (χ3v) is 4.42. The molecule has 0 spiro atoms. The van der Waals surface area contributed by atoms with E-state index in [9.17, 15) is 0 Å². The molecule has 0 radical (unpaired) electrons. The summed E-state index contributed by atoms with van der Waals surface area (Å²) in [5.41, 5.74) is 0. The van der Waals surface area contributed by atoms with Crippen LogP contribution >= 0.6 is 0 Å². The van der Waals surface area contributed by atoms with Crippen LogP contribution in [0, 0.1) is 0 Å². The number of unbranched alkanes of at least 4 members (excludes halogenated alkanes) is 15. The van der Waals surface area contributed by atoms with E-state index in [4.69, 9.17) is 3.32 Å². The summed E-state index contributed by atoms with van der Waals surface area (Å²) in [6.45, 7) is 3.23. The molecule has 0 unspecified atom stereocenters. The Kier molecular flexibility index (Phi) is 20.3. The second-order valence-corrected chi connectivity index (χ2v) is 6.60. The van der Waals surface area contributed by atoms with Gasteiger partial charge in [-0.25, -0.2) is 0 Å². The summed E-state index contributed by atoms with van der Waals surface area (Å²) in [4.78, 5) is 0. The molecule has 20 heavy (non-hydrogen) atoms. The van der Waals surface area contributed by atoms with Crippen LogP contribution in [0.3, 0.4) is 0 Å². The van der Waals surface area contributed by atoms with Gasteiger partial charge in [-0.1, -0.05) is 45.4 Å². The van der Waals surface area contributed by atoms with E-state index in [-0.39, 0.29) is 0 Å². The monoisotopic (exact) mass is 317 g/mol. The molecule has 2 heteroatoms. The molecule has 0 aromatic heterocycles. The molecule has 0 rings (SSSR count). The molecule has 0 aromatic carbocycles. The predicted octanol–water partition coefficient (Wildman–Crippen LogP) is 6.73. The minimum atomic E-state index is 0.943. The van der Waals surface area contributed by atoms with Gasteiger partial charge in [0.2, 0.25) is 0 Å². The molecule has 0 aliphatic carbocycles. The Morgan fingerprint density at radius 2 is 0.800 bits per heavy atom. The Labute approximate surface area is 140 Å². The molecule has 119 valence electrons. The van der Waals surface area contributed by atoms with E-state index in [0.717, 1.165) is 6.61 Å². The molecule has 0 aliphatic rings. The van der Waals surface area contributed by atoms with Crippen molar-refractivity contribution in [2.75, 3.05) is 6.61 Å². The Balaban J connectivity index is 2.89. The molecule has 0 amide bonds. The Morgan fingerprint density at radius 3 is 1.10 bits per heavy atom. The summed E-state index contributed by atoms with van der Waals surface area (Å²) in [7, 11) is 0. The van der Waals surface area contributed by atoms with Gasteiger partial charge < -0.3 is 0 Å². The van der Waals surface area contributed by atoms with Crippen molar-refractivity contribution in [2.24, 2.45) is 0 Å². The van der Waals surface area contributed by atoms with Gasteiger partial charge in [0.15, 0.2) is 0 Å². The van der Waals surface area contributed by atoms with Crippen LogP contribution in [0.1, 0.15) is 110 Å². The van der Waals surface area contributed by atoms with Crippen LogP contribution in [0.15, 0.2) is 0 Å². The normalized spacial score (nSPS) is 11.0. The van der Waals surface area contributed by atoms with E-state index in [1.807, 2.05) is 0 Å². The molecule has 0 N–H and O–H groups in total. The van der Waals surface area contributed by atoms with Gasteiger partial charge in [0, 0.05) is 0 Å². The summed E-state index contributed by atoms with van der Waals surface area (Å²) in [6.07, 6.45) is 22.9. The van der Waals surface area contributed by atoms with Crippen molar-refractivity contribution in [1.29, 1.82) is 0 Å². The van der Waals surface area contributed by atoms with Crippen molar-refractivity contribution >= 4 is 0 Å². The van der Waals surface area contributed by atoms with Gasteiger partial charge in [-0.15, -0.1) is 0 Å². The predicted molar refractivity (Wildman–Crippen MR) is 85.5 cm³/mol. The van der Waals surface area contributed by atoms with Crippen molar-refractivity contribution < 1.29 is 24.1 Å². The molecule has 1 nitrogen and oxygen atoms in total. The third kappa shape index (κ3) is 18.7. The first-order valence-corrected chi connectivity index (χ1v) is 9.84. The maximum atomic E-state index is 5.06. The van der Waals surface area contributed by atoms with Gasteiger partial charge in [-0.05, 0) is 0 Å². The fourth-order valence-electron chi connectivity index (χ4n) is 2.72. The molecule has 0 aromatic rings. The van der Waals surface area contributed by atoms with Crippen LogP contribution in [-0.2, 0) is 24.1 Å². The SMILES string of the molecule is CCCCCCCCCCCCCCCCCC[O][Ti]. The maximum absolute atomic E-state index is 5.06. The average Bonchev–Trinajstić information content (AvgIpc) is 2.47. The zero-order valence-corrected chi connectivity index (χ0v) is 15.5. The second kappa shape index (κ2) is 19.7. The quantitative estimate of drug-likeness (QED) is 0.213. The first-order valence-electron chi connectivity index (χ1n) is 9.20. The van der Waals surface area contributed by atoms with Gasteiger partial charge in [-0.3, -0.25) is 0 Å². The van der Waals surface area contributed by atoms with Crippen molar-refractivity contribution in [1.82, 2.24) is 0 Å². The van der Waals surface area contributed by atoms with E-state index in [1.54, 1.807) is 20.8 Å². The van der Waals surface area contributed by atoms with Crippen LogP contribution in [-0.4, -0.2) is 6.61 Å². The van der Waals surface area contributed by atoms with E-state index in [2.05, 4.69) is 6.92 Å². The Bertz CT molecular complexity index is 143. The van der Waals surface area contributed by atoms with Crippen LogP contribution < -0.4 is 0 Å². The topological polar surface area (TPSA) is 9.23 Å². The number of hydrogen-bond donors (Lipinski definition) is 0. The van der Waals surface area contributed by atoms with Gasteiger partial charge in [0.05, 0.1) is 0 Å². The summed E-state index contributed by atoms with van der Waals surface area (Å²) in [5.74, 6) is 0. The first kappa shape index (κ1) is 20.7. The van der Waals surface area contributed by atoms with Crippen LogP contribution in [0.4, 0.5) is 0 Å². The number of hydrogen-bond acceptors (Lipinski definition) is 1.